The highest BCUT2D eigenvalue weighted by Crippen LogP contribution is 2.39. The van der Waals surface area contributed by atoms with Gasteiger partial charge in [-0.15, -0.1) is 0 Å². The van der Waals surface area contributed by atoms with Crippen molar-refractivity contribution in [1.82, 2.24) is 14.1 Å². The third-order valence-corrected chi connectivity index (χ3v) is 10.7. The van der Waals surface area contributed by atoms with Crippen LogP contribution in [0.4, 0.5) is 0 Å². The van der Waals surface area contributed by atoms with Crippen LogP contribution in [0, 0.1) is 0 Å². The summed E-state index contributed by atoms with van der Waals surface area (Å²) in [6, 6.07) is 66.2. The molecule has 0 fully saturated rings. The van der Waals surface area contributed by atoms with E-state index in [1.54, 1.807) is 0 Å². The maximum Gasteiger partial charge on any atom is 0.0547 e. The molecule has 3 nitrogen and oxygen atoms in total. The summed E-state index contributed by atoms with van der Waals surface area (Å²) in [5.74, 6) is 0. The first-order chi connectivity index (χ1) is 25.3. The molecule has 11 rings (SSSR count). The molecule has 0 unspecified atom stereocenters. The third-order valence-electron chi connectivity index (χ3n) is 10.7. The number of rotatable bonds is 4. The van der Waals surface area contributed by atoms with Crippen LogP contribution in [-0.4, -0.2) is 14.1 Å². The number of fused-ring (bicyclic) bond motifs is 9. The zero-order chi connectivity index (χ0) is 33.5. The molecule has 0 aliphatic carbocycles. The third kappa shape index (κ3) is 4.19. The number of nitrogens with one attached hydrogen (secondary N) is 1. The molecule has 0 saturated heterocycles. The first-order valence-electron chi connectivity index (χ1n) is 17.5. The Balaban J connectivity index is 1.06. The van der Waals surface area contributed by atoms with Gasteiger partial charge in [0, 0.05) is 54.8 Å². The minimum absolute atomic E-state index is 1.15. The lowest BCUT2D eigenvalue weighted by Crippen LogP contribution is -1.94. The van der Waals surface area contributed by atoms with E-state index in [4.69, 9.17) is 0 Å². The zero-order valence-corrected chi connectivity index (χ0v) is 27.7. The van der Waals surface area contributed by atoms with Crippen molar-refractivity contribution in [3.63, 3.8) is 0 Å². The minimum atomic E-state index is 1.15. The van der Waals surface area contributed by atoms with Gasteiger partial charge in [0.05, 0.1) is 27.6 Å². The maximum atomic E-state index is 3.68. The van der Waals surface area contributed by atoms with Crippen molar-refractivity contribution in [3.05, 3.63) is 182 Å². The summed E-state index contributed by atoms with van der Waals surface area (Å²) in [4.78, 5) is 3.68. The lowest BCUT2D eigenvalue weighted by atomic mass is 10.0. The van der Waals surface area contributed by atoms with Crippen molar-refractivity contribution in [2.45, 2.75) is 0 Å². The molecule has 0 spiro atoms. The van der Waals surface area contributed by atoms with Gasteiger partial charge in [-0.3, -0.25) is 0 Å². The monoisotopic (exact) mass is 649 g/mol. The molecule has 0 atom stereocenters. The lowest BCUT2D eigenvalue weighted by molar-refractivity contribution is 1.18. The molecule has 0 radical (unpaired) electrons. The van der Waals surface area contributed by atoms with Crippen LogP contribution in [-0.2, 0) is 0 Å². The molecule has 8 aromatic carbocycles. The second-order valence-electron chi connectivity index (χ2n) is 13.5. The van der Waals surface area contributed by atoms with Gasteiger partial charge in [0.1, 0.15) is 0 Å². The number of benzene rings is 8. The summed E-state index contributed by atoms with van der Waals surface area (Å²) in [5, 5.41) is 7.54. The molecule has 0 aliphatic rings. The highest BCUT2D eigenvalue weighted by atomic mass is 15.0. The van der Waals surface area contributed by atoms with Crippen LogP contribution in [0.1, 0.15) is 0 Å². The van der Waals surface area contributed by atoms with Crippen molar-refractivity contribution in [2.75, 3.05) is 0 Å². The van der Waals surface area contributed by atoms with E-state index >= 15 is 0 Å². The average molecular weight is 650 g/mol. The maximum absolute atomic E-state index is 3.68. The van der Waals surface area contributed by atoms with Crippen LogP contribution in [0.3, 0.4) is 0 Å². The Morgan fingerprint density at radius 2 is 0.863 bits per heavy atom. The first kappa shape index (κ1) is 28.0. The van der Waals surface area contributed by atoms with Gasteiger partial charge in [-0.05, 0) is 77.4 Å². The van der Waals surface area contributed by atoms with E-state index in [-0.39, 0.29) is 0 Å². The molecule has 3 heteroatoms. The molecule has 0 amide bonds. The van der Waals surface area contributed by atoms with Gasteiger partial charge in [-0.2, -0.15) is 0 Å². The quantitative estimate of drug-likeness (QED) is 0.196. The highest BCUT2D eigenvalue weighted by Gasteiger charge is 2.17. The number of para-hydroxylation sites is 5. The van der Waals surface area contributed by atoms with Crippen LogP contribution < -0.4 is 0 Å². The fraction of sp³-hybridized carbons (Fsp3) is 0. The molecule has 238 valence electrons. The summed E-state index contributed by atoms with van der Waals surface area (Å²) in [5.41, 5.74) is 14.3. The van der Waals surface area contributed by atoms with Gasteiger partial charge in [0.25, 0.3) is 0 Å². The van der Waals surface area contributed by atoms with E-state index < -0.39 is 0 Å². The van der Waals surface area contributed by atoms with E-state index in [9.17, 15) is 0 Å². The normalized spacial score (nSPS) is 11.9. The van der Waals surface area contributed by atoms with Gasteiger partial charge < -0.3 is 14.1 Å². The van der Waals surface area contributed by atoms with Gasteiger partial charge in [0.15, 0.2) is 0 Å². The molecular weight excluding hydrogens is 619 g/mol. The molecule has 0 saturated carbocycles. The van der Waals surface area contributed by atoms with E-state index in [0.717, 1.165) is 5.69 Å². The topological polar surface area (TPSA) is 25.6 Å². The van der Waals surface area contributed by atoms with Crippen molar-refractivity contribution in [1.29, 1.82) is 0 Å². The number of nitrogens with zero attached hydrogens (tertiary/aromatic N) is 2. The summed E-state index contributed by atoms with van der Waals surface area (Å²) in [6.45, 7) is 0. The zero-order valence-electron chi connectivity index (χ0n) is 27.7. The molecule has 0 aliphatic heterocycles. The standard InChI is InChI=1S/C48H31N3/c1-2-11-34(12-3-1)50-45-20-9-6-15-39(45)42-29-32(24-28-46(42)50)33-23-27-40-38-14-5-8-19-44(38)51(47(40)30-33)35-25-21-31(22-26-35)36-16-10-17-41-37-13-4-7-18-43(37)49-48(36)41/h1-30,49H. The fourth-order valence-corrected chi connectivity index (χ4v) is 8.34. The van der Waals surface area contributed by atoms with Gasteiger partial charge in [-0.1, -0.05) is 121 Å². The Bertz CT molecular complexity index is 3120. The van der Waals surface area contributed by atoms with Crippen LogP contribution in [0.2, 0.25) is 0 Å². The van der Waals surface area contributed by atoms with Gasteiger partial charge in [-0.25, -0.2) is 0 Å². The van der Waals surface area contributed by atoms with Crippen molar-refractivity contribution in [2.24, 2.45) is 0 Å². The Morgan fingerprint density at radius 3 is 1.67 bits per heavy atom. The summed E-state index contributed by atoms with van der Waals surface area (Å²) in [6.07, 6.45) is 0. The number of H-pyrrole nitrogens is 1. The second-order valence-corrected chi connectivity index (χ2v) is 13.5. The molecule has 51 heavy (non-hydrogen) atoms. The average Bonchev–Trinajstić information content (AvgIpc) is 3.85. The van der Waals surface area contributed by atoms with Crippen LogP contribution in [0.5, 0.6) is 0 Å². The summed E-state index contributed by atoms with van der Waals surface area (Å²) in [7, 11) is 0. The molecule has 1 N–H and O–H groups in total. The van der Waals surface area contributed by atoms with Crippen LogP contribution in [0.15, 0.2) is 182 Å². The van der Waals surface area contributed by atoms with Crippen molar-refractivity contribution < 1.29 is 0 Å². The Labute approximate surface area is 294 Å². The molecular formula is C48H31N3. The van der Waals surface area contributed by atoms with Gasteiger partial charge in [0.2, 0.25) is 0 Å². The number of aromatic nitrogens is 3. The van der Waals surface area contributed by atoms with Crippen LogP contribution in [0.25, 0.3) is 99.0 Å². The highest BCUT2D eigenvalue weighted by molar-refractivity contribution is 6.13. The fourth-order valence-electron chi connectivity index (χ4n) is 8.34. The minimum Gasteiger partial charge on any atom is -0.354 e. The van der Waals surface area contributed by atoms with Crippen LogP contribution >= 0.6 is 0 Å². The molecule has 11 aromatic rings. The molecule has 3 aromatic heterocycles. The van der Waals surface area contributed by atoms with Crippen molar-refractivity contribution >= 4 is 65.4 Å². The van der Waals surface area contributed by atoms with E-state index in [0.29, 0.717) is 0 Å². The van der Waals surface area contributed by atoms with E-state index in [1.807, 2.05) is 0 Å². The smallest absolute Gasteiger partial charge is 0.0547 e. The Kier molecular flexibility index (Phi) is 5.96. The van der Waals surface area contributed by atoms with E-state index in [1.165, 1.54) is 93.4 Å². The van der Waals surface area contributed by atoms with Gasteiger partial charge >= 0.3 is 0 Å². The SMILES string of the molecule is c1ccc(-n2c3ccccc3c3cc(-c4ccc5c6ccccc6n(-c6ccc(-c7cccc8c7[nH]c7ccccc78)cc6)c5c4)ccc32)cc1. The first-order valence-corrected chi connectivity index (χ1v) is 17.5. The summed E-state index contributed by atoms with van der Waals surface area (Å²) >= 11 is 0. The predicted octanol–water partition coefficient (Wildman–Crippen LogP) is 12.8. The lowest BCUT2D eigenvalue weighted by Gasteiger charge is -2.11. The Morgan fingerprint density at radius 1 is 0.314 bits per heavy atom. The second kappa shape index (κ2) is 10.8. The summed E-state index contributed by atoms with van der Waals surface area (Å²) < 4.78 is 4.79. The predicted molar refractivity (Wildman–Crippen MR) is 215 cm³/mol. The number of aromatic amines is 1. The molecule has 3 heterocycles. The molecule has 0 bridgehead atoms. The van der Waals surface area contributed by atoms with E-state index in [2.05, 4.69) is 196 Å². The number of hydrogen-bond acceptors (Lipinski definition) is 0. The largest absolute Gasteiger partial charge is 0.354 e. The number of hydrogen-bond donors (Lipinski definition) is 1. The Hall–Kier alpha value is -6.84. The van der Waals surface area contributed by atoms with Crippen molar-refractivity contribution in [3.8, 4) is 33.6 Å².